The molecule has 1 saturated carbocycles. The van der Waals surface area contributed by atoms with Gasteiger partial charge in [0.15, 0.2) is 0 Å². The summed E-state index contributed by atoms with van der Waals surface area (Å²) < 4.78 is 5.56. The van der Waals surface area contributed by atoms with Crippen molar-refractivity contribution in [3.8, 4) is 0 Å². The molecule has 15 heavy (non-hydrogen) atoms. The highest BCUT2D eigenvalue weighted by molar-refractivity contribution is 5.35. The summed E-state index contributed by atoms with van der Waals surface area (Å²) in [5.74, 6) is 1.57. The molecule has 2 heterocycles. The molecule has 1 aliphatic heterocycles. The van der Waals surface area contributed by atoms with Crippen LogP contribution in [0.5, 0.6) is 0 Å². The first kappa shape index (κ1) is 9.09. The summed E-state index contributed by atoms with van der Waals surface area (Å²) in [5, 5.41) is 11.6. The summed E-state index contributed by atoms with van der Waals surface area (Å²) in [6.07, 6.45) is 2.79. The second-order valence-corrected chi connectivity index (χ2v) is 4.41. The Kier molecular flexibility index (Phi) is 2.09. The summed E-state index contributed by atoms with van der Waals surface area (Å²) in [6.45, 7) is 2.87. The highest BCUT2D eigenvalue weighted by atomic mass is 16.5. The van der Waals surface area contributed by atoms with Crippen LogP contribution < -0.4 is 5.32 Å². The Bertz CT molecular complexity index is 351. The second-order valence-electron chi connectivity index (χ2n) is 4.41. The van der Waals surface area contributed by atoms with Gasteiger partial charge in [0.25, 0.3) is 0 Å². The summed E-state index contributed by atoms with van der Waals surface area (Å²) in [5.41, 5.74) is 0.955. The van der Waals surface area contributed by atoms with E-state index in [0.29, 0.717) is 18.1 Å². The van der Waals surface area contributed by atoms with Crippen molar-refractivity contribution in [2.75, 3.05) is 11.9 Å². The van der Waals surface area contributed by atoms with E-state index in [-0.39, 0.29) is 0 Å². The van der Waals surface area contributed by atoms with Crippen molar-refractivity contribution < 1.29 is 4.74 Å². The molecule has 1 N–H and O–H groups in total. The predicted octanol–water partition coefficient (Wildman–Crippen LogP) is 1.37. The van der Waals surface area contributed by atoms with E-state index in [4.69, 9.17) is 4.74 Å². The Morgan fingerprint density at radius 1 is 1.40 bits per heavy atom. The minimum atomic E-state index is 0.501. The van der Waals surface area contributed by atoms with Gasteiger partial charge < -0.3 is 10.1 Å². The normalized spacial score (nSPS) is 33.3. The first-order chi connectivity index (χ1) is 7.33. The molecular weight excluding hydrogens is 190 g/mol. The quantitative estimate of drug-likeness (QED) is 0.792. The van der Waals surface area contributed by atoms with Gasteiger partial charge in [0.2, 0.25) is 0 Å². The molecule has 3 rings (SSSR count). The fourth-order valence-electron chi connectivity index (χ4n) is 2.43. The monoisotopic (exact) mass is 205 g/mol. The SMILES string of the molecule is Cc1ccc(N[C@@H]2C[C@@H]3OCC[C@@H]32)nn1. The number of hydrogen-bond acceptors (Lipinski definition) is 4. The Morgan fingerprint density at radius 3 is 3.07 bits per heavy atom. The first-order valence-electron chi connectivity index (χ1n) is 5.51. The van der Waals surface area contributed by atoms with Crippen LogP contribution in [0.15, 0.2) is 12.1 Å². The molecule has 0 radical (unpaired) electrons. The zero-order valence-electron chi connectivity index (χ0n) is 8.81. The average Bonchev–Trinajstić information content (AvgIpc) is 2.59. The molecule has 2 aliphatic rings. The van der Waals surface area contributed by atoms with Gasteiger partial charge >= 0.3 is 0 Å². The highest BCUT2D eigenvalue weighted by Crippen LogP contribution is 2.39. The third-order valence-corrected chi connectivity index (χ3v) is 3.39. The van der Waals surface area contributed by atoms with E-state index in [1.165, 1.54) is 6.42 Å². The van der Waals surface area contributed by atoms with Crippen LogP contribution in [0, 0.1) is 12.8 Å². The van der Waals surface area contributed by atoms with E-state index in [1.54, 1.807) is 0 Å². The molecule has 0 aromatic carbocycles. The van der Waals surface area contributed by atoms with Crippen LogP contribution in [0.3, 0.4) is 0 Å². The van der Waals surface area contributed by atoms with E-state index in [2.05, 4.69) is 15.5 Å². The molecule has 0 spiro atoms. The van der Waals surface area contributed by atoms with E-state index in [0.717, 1.165) is 24.5 Å². The Labute approximate surface area is 89.0 Å². The van der Waals surface area contributed by atoms with Gasteiger partial charge in [-0.15, -0.1) is 5.10 Å². The maximum Gasteiger partial charge on any atom is 0.148 e. The molecule has 1 aromatic heterocycles. The first-order valence-corrected chi connectivity index (χ1v) is 5.51. The van der Waals surface area contributed by atoms with Crippen LogP contribution in [-0.4, -0.2) is 29.0 Å². The van der Waals surface area contributed by atoms with E-state index < -0.39 is 0 Å². The van der Waals surface area contributed by atoms with Gasteiger partial charge in [0.1, 0.15) is 5.82 Å². The van der Waals surface area contributed by atoms with Gasteiger partial charge in [-0.2, -0.15) is 5.10 Å². The topological polar surface area (TPSA) is 47.0 Å². The van der Waals surface area contributed by atoms with Crippen molar-refractivity contribution in [1.82, 2.24) is 10.2 Å². The lowest BCUT2D eigenvalue weighted by Gasteiger charge is -2.39. The van der Waals surface area contributed by atoms with Gasteiger partial charge in [-0.05, 0) is 31.9 Å². The van der Waals surface area contributed by atoms with Gasteiger partial charge in [0, 0.05) is 18.6 Å². The van der Waals surface area contributed by atoms with Gasteiger partial charge in [-0.25, -0.2) is 0 Å². The van der Waals surface area contributed by atoms with Crippen molar-refractivity contribution in [2.45, 2.75) is 31.9 Å². The minimum Gasteiger partial charge on any atom is -0.378 e. The molecule has 4 nitrogen and oxygen atoms in total. The number of hydrogen-bond donors (Lipinski definition) is 1. The Balaban J connectivity index is 1.64. The molecule has 80 valence electrons. The van der Waals surface area contributed by atoms with Gasteiger partial charge in [0.05, 0.1) is 11.8 Å². The number of nitrogens with one attached hydrogen (secondary N) is 1. The maximum absolute atomic E-state index is 5.56. The number of anilines is 1. The number of aromatic nitrogens is 2. The van der Waals surface area contributed by atoms with Crippen molar-refractivity contribution in [2.24, 2.45) is 5.92 Å². The third-order valence-electron chi connectivity index (χ3n) is 3.39. The Morgan fingerprint density at radius 2 is 2.33 bits per heavy atom. The second kappa shape index (κ2) is 3.45. The lowest BCUT2D eigenvalue weighted by Crippen LogP contribution is -2.47. The standard InChI is InChI=1S/C11H15N3O/c1-7-2-3-11(14-13-7)12-9-6-10-8(9)4-5-15-10/h2-3,8-10H,4-6H2,1H3,(H,12,14)/t8-,9-,10+/m1/s1. The zero-order valence-corrected chi connectivity index (χ0v) is 8.81. The summed E-state index contributed by atoms with van der Waals surface area (Å²) in [6, 6.07) is 4.51. The minimum absolute atomic E-state index is 0.501. The summed E-state index contributed by atoms with van der Waals surface area (Å²) >= 11 is 0. The summed E-state index contributed by atoms with van der Waals surface area (Å²) in [7, 11) is 0. The van der Waals surface area contributed by atoms with Crippen LogP contribution >= 0.6 is 0 Å². The number of nitrogens with zero attached hydrogens (tertiary/aromatic N) is 2. The third kappa shape index (κ3) is 1.59. The lowest BCUT2D eigenvalue weighted by molar-refractivity contribution is 0.0246. The molecule has 0 bridgehead atoms. The molecule has 2 fully saturated rings. The fraction of sp³-hybridized carbons (Fsp3) is 0.636. The van der Waals surface area contributed by atoms with Crippen LogP contribution in [0.1, 0.15) is 18.5 Å². The number of rotatable bonds is 2. The van der Waals surface area contributed by atoms with Crippen LogP contribution in [0.25, 0.3) is 0 Å². The summed E-state index contributed by atoms with van der Waals surface area (Å²) in [4.78, 5) is 0. The highest BCUT2D eigenvalue weighted by Gasteiger charge is 2.45. The van der Waals surface area contributed by atoms with Crippen molar-refractivity contribution in [3.05, 3.63) is 17.8 Å². The fourth-order valence-corrected chi connectivity index (χ4v) is 2.43. The Hall–Kier alpha value is -1.16. The van der Waals surface area contributed by atoms with Crippen LogP contribution in [0.2, 0.25) is 0 Å². The average molecular weight is 205 g/mol. The molecule has 1 aromatic rings. The van der Waals surface area contributed by atoms with Gasteiger partial charge in [-0.1, -0.05) is 0 Å². The van der Waals surface area contributed by atoms with Crippen molar-refractivity contribution >= 4 is 5.82 Å². The molecule has 1 saturated heterocycles. The van der Waals surface area contributed by atoms with Gasteiger partial charge in [-0.3, -0.25) is 0 Å². The predicted molar refractivity (Wildman–Crippen MR) is 56.6 cm³/mol. The van der Waals surface area contributed by atoms with Crippen molar-refractivity contribution in [3.63, 3.8) is 0 Å². The smallest absolute Gasteiger partial charge is 0.148 e. The van der Waals surface area contributed by atoms with E-state index >= 15 is 0 Å². The molecule has 0 unspecified atom stereocenters. The number of aryl methyl sites for hydroxylation is 1. The number of ether oxygens (including phenoxy) is 1. The molecule has 3 atom stereocenters. The largest absolute Gasteiger partial charge is 0.378 e. The molecule has 4 heteroatoms. The molecule has 0 amide bonds. The van der Waals surface area contributed by atoms with E-state index in [9.17, 15) is 0 Å². The zero-order chi connectivity index (χ0) is 10.3. The van der Waals surface area contributed by atoms with Crippen LogP contribution in [-0.2, 0) is 4.74 Å². The van der Waals surface area contributed by atoms with Crippen LogP contribution in [0.4, 0.5) is 5.82 Å². The lowest BCUT2D eigenvalue weighted by atomic mass is 9.76. The number of fused-ring (bicyclic) bond motifs is 1. The maximum atomic E-state index is 5.56. The molecular formula is C11H15N3O. The molecule has 1 aliphatic carbocycles. The van der Waals surface area contributed by atoms with Crippen molar-refractivity contribution in [1.29, 1.82) is 0 Å². The van der Waals surface area contributed by atoms with E-state index in [1.807, 2.05) is 19.1 Å².